The smallest absolute Gasteiger partial charge is 0.124 e. The third-order valence-electron chi connectivity index (χ3n) is 1.45. The van der Waals surface area contributed by atoms with E-state index in [1.807, 2.05) is 26.0 Å². The fraction of sp³-hybridized carbons (Fsp3) is 0.300. The Hall–Kier alpha value is -1.39. The predicted molar refractivity (Wildman–Crippen MR) is 56.1 cm³/mol. The van der Waals surface area contributed by atoms with Crippen molar-refractivity contribution in [1.29, 1.82) is 0 Å². The van der Waals surface area contributed by atoms with Gasteiger partial charge in [-0.3, -0.25) is 15.5 Å². The zero-order valence-electron chi connectivity index (χ0n) is 8.25. The SMILES string of the molecule is CC(C)N=Cc1ccccc1O.OO. The van der Waals surface area contributed by atoms with Crippen molar-refractivity contribution in [2.24, 2.45) is 4.99 Å². The zero-order chi connectivity index (χ0) is 11.0. The average molecular weight is 197 g/mol. The minimum Gasteiger partial charge on any atom is -0.507 e. The number of hydrogen-bond acceptors (Lipinski definition) is 4. The summed E-state index contributed by atoms with van der Waals surface area (Å²) in [5.74, 6) is 0.280. The van der Waals surface area contributed by atoms with Gasteiger partial charge in [0.1, 0.15) is 5.75 Å². The Bertz CT molecular complexity index is 284. The van der Waals surface area contributed by atoms with Crippen LogP contribution in [0.3, 0.4) is 0 Å². The summed E-state index contributed by atoms with van der Waals surface area (Å²) in [5.41, 5.74) is 0.770. The Morgan fingerprint density at radius 2 is 1.79 bits per heavy atom. The molecule has 0 aliphatic rings. The number of para-hydroxylation sites is 1. The third-order valence-corrected chi connectivity index (χ3v) is 1.45. The van der Waals surface area contributed by atoms with Gasteiger partial charge in [-0.1, -0.05) is 12.1 Å². The molecule has 0 heterocycles. The lowest BCUT2D eigenvalue weighted by atomic mass is 10.2. The molecule has 78 valence electrons. The van der Waals surface area contributed by atoms with Gasteiger partial charge < -0.3 is 5.11 Å². The van der Waals surface area contributed by atoms with Crippen LogP contribution in [0, 0.1) is 0 Å². The summed E-state index contributed by atoms with van der Waals surface area (Å²) in [5, 5.41) is 21.3. The average Bonchev–Trinajstić information content (AvgIpc) is 2.19. The molecule has 14 heavy (non-hydrogen) atoms. The summed E-state index contributed by atoms with van der Waals surface area (Å²) in [6.45, 7) is 3.99. The Balaban J connectivity index is 0.000000791. The molecule has 4 nitrogen and oxygen atoms in total. The van der Waals surface area contributed by atoms with Crippen molar-refractivity contribution in [3.63, 3.8) is 0 Å². The van der Waals surface area contributed by atoms with Gasteiger partial charge in [0.2, 0.25) is 0 Å². The van der Waals surface area contributed by atoms with Crippen molar-refractivity contribution in [3.8, 4) is 5.75 Å². The molecule has 0 amide bonds. The summed E-state index contributed by atoms with van der Waals surface area (Å²) in [4.78, 5) is 4.17. The van der Waals surface area contributed by atoms with Crippen molar-refractivity contribution >= 4 is 6.21 Å². The second kappa shape index (κ2) is 7.06. The molecule has 0 radical (unpaired) electrons. The Morgan fingerprint density at radius 1 is 1.21 bits per heavy atom. The van der Waals surface area contributed by atoms with E-state index in [0.29, 0.717) is 0 Å². The molecule has 0 unspecified atom stereocenters. The summed E-state index contributed by atoms with van der Waals surface area (Å²) < 4.78 is 0. The highest BCUT2D eigenvalue weighted by Gasteiger charge is 1.94. The molecule has 0 saturated heterocycles. The lowest BCUT2D eigenvalue weighted by Gasteiger charge is -1.98. The lowest BCUT2D eigenvalue weighted by Crippen LogP contribution is -1.90. The first-order valence-electron chi connectivity index (χ1n) is 4.21. The van der Waals surface area contributed by atoms with Gasteiger partial charge in [0.05, 0.1) is 0 Å². The van der Waals surface area contributed by atoms with Crippen molar-refractivity contribution < 1.29 is 15.6 Å². The van der Waals surface area contributed by atoms with Crippen molar-refractivity contribution in [1.82, 2.24) is 0 Å². The van der Waals surface area contributed by atoms with Crippen molar-refractivity contribution in [2.45, 2.75) is 19.9 Å². The molecule has 1 aromatic rings. The molecule has 0 fully saturated rings. The van der Waals surface area contributed by atoms with Gasteiger partial charge in [-0.2, -0.15) is 0 Å². The quantitative estimate of drug-likeness (QED) is 0.386. The largest absolute Gasteiger partial charge is 0.507 e. The third kappa shape index (κ3) is 4.59. The normalized spacial score (nSPS) is 10.1. The van der Waals surface area contributed by atoms with Crippen LogP contribution in [0.2, 0.25) is 0 Å². The highest BCUT2D eigenvalue weighted by molar-refractivity contribution is 5.83. The molecule has 0 aliphatic heterocycles. The highest BCUT2D eigenvalue weighted by atomic mass is 17.0. The van der Waals surface area contributed by atoms with E-state index in [1.54, 1.807) is 18.3 Å². The van der Waals surface area contributed by atoms with E-state index < -0.39 is 0 Å². The molecular formula is C10H15NO3. The minimum absolute atomic E-state index is 0.268. The maximum Gasteiger partial charge on any atom is 0.124 e. The standard InChI is InChI=1S/C10H13NO.H2O2/c1-8(2)11-7-9-5-3-4-6-10(9)12;1-2/h3-8,12H,1-2H3;1-2H. The molecule has 0 aromatic heterocycles. The molecule has 0 aliphatic carbocycles. The number of phenolic OH excluding ortho intramolecular Hbond substituents is 1. The fourth-order valence-electron chi connectivity index (χ4n) is 0.826. The number of aromatic hydroxyl groups is 1. The van der Waals surface area contributed by atoms with Crippen molar-refractivity contribution in [3.05, 3.63) is 29.8 Å². The van der Waals surface area contributed by atoms with Crippen LogP contribution in [0.5, 0.6) is 5.75 Å². The van der Waals surface area contributed by atoms with Crippen LogP contribution in [0.25, 0.3) is 0 Å². The summed E-state index contributed by atoms with van der Waals surface area (Å²) in [6.07, 6.45) is 1.69. The molecule has 0 atom stereocenters. The lowest BCUT2D eigenvalue weighted by molar-refractivity contribution is -0.176. The summed E-state index contributed by atoms with van der Waals surface area (Å²) in [6, 6.07) is 7.43. The fourth-order valence-corrected chi connectivity index (χ4v) is 0.826. The van der Waals surface area contributed by atoms with Crippen LogP contribution in [0.1, 0.15) is 19.4 Å². The molecule has 3 N–H and O–H groups in total. The van der Waals surface area contributed by atoms with Gasteiger partial charge >= 0.3 is 0 Å². The molecule has 0 saturated carbocycles. The van der Waals surface area contributed by atoms with Gasteiger partial charge in [-0.05, 0) is 26.0 Å². The maximum atomic E-state index is 9.33. The number of rotatable bonds is 2. The van der Waals surface area contributed by atoms with E-state index in [0.717, 1.165) is 5.56 Å². The maximum absolute atomic E-state index is 9.33. The number of benzene rings is 1. The summed E-state index contributed by atoms with van der Waals surface area (Å²) >= 11 is 0. The van der Waals surface area contributed by atoms with Gasteiger partial charge in [0.15, 0.2) is 0 Å². The highest BCUT2D eigenvalue weighted by Crippen LogP contribution is 2.12. The van der Waals surface area contributed by atoms with Gasteiger partial charge in [-0.25, -0.2) is 0 Å². The van der Waals surface area contributed by atoms with Gasteiger partial charge in [-0.15, -0.1) is 0 Å². The monoisotopic (exact) mass is 197 g/mol. The van der Waals surface area contributed by atoms with Crippen LogP contribution in [0.15, 0.2) is 29.3 Å². The van der Waals surface area contributed by atoms with Crippen LogP contribution in [0.4, 0.5) is 0 Å². The first-order chi connectivity index (χ1) is 6.70. The molecule has 0 bridgehead atoms. The number of nitrogens with zero attached hydrogens (tertiary/aromatic N) is 1. The van der Waals surface area contributed by atoms with Crippen molar-refractivity contribution in [2.75, 3.05) is 0 Å². The van der Waals surface area contributed by atoms with Gasteiger partial charge in [0.25, 0.3) is 0 Å². The van der Waals surface area contributed by atoms with E-state index in [4.69, 9.17) is 10.5 Å². The van der Waals surface area contributed by atoms with Crippen LogP contribution in [-0.4, -0.2) is 27.9 Å². The van der Waals surface area contributed by atoms with E-state index in [1.165, 1.54) is 0 Å². The van der Waals surface area contributed by atoms with E-state index in [9.17, 15) is 5.11 Å². The number of phenols is 1. The second-order valence-corrected chi connectivity index (χ2v) is 2.93. The first-order valence-corrected chi connectivity index (χ1v) is 4.21. The van der Waals surface area contributed by atoms with Crippen LogP contribution >= 0.6 is 0 Å². The van der Waals surface area contributed by atoms with E-state index in [2.05, 4.69) is 4.99 Å². The topological polar surface area (TPSA) is 73.1 Å². The molecule has 1 aromatic carbocycles. The van der Waals surface area contributed by atoms with Crippen LogP contribution < -0.4 is 0 Å². The Labute approximate surface area is 83.1 Å². The Morgan fingerprint density at radius 3 is 2.29 bits per heavy atom. The Kier molecular flexibility index (Phi) is 6.36. The molecule has 0 spiro atoms. The van der Waals surface area contributed by atoms with E-state index in [-0.39, 0.29) is 11.8 Å². The molecule has 1 rings (SSSR count). The minimum atomic E-state index is 0.268. The molecular weight excluding hydrogens is 182 g/mol. The zero-order valence-corrected chi connectivity index (χ0v) is 8.25. The number of hydrogen-bond donors (Lipinski definition) is 3. The number of aliphatic imine (C=N–C) groups is 1. The molecule has 4 heteroatoms. The van der Waals surface area contributed by atoms with Crippen LogP contribution in [-0.2, 0) is 0 Å². The first kappa shape index (κ1) is 12.6. The predicted octanol–water partition coefficient (Wildman–Crippen LogP) is 2.24. The second-order valence-electron chi connectivity index (χ2n) is 2.93. The van der Waals surface area contributed by atoms with E-state index >= 15 is 0 Å². The summed E-state index contributed by atoms with van der Waals surface area (Å²) in [7, 11) is 0. The van der Waals surface area contributed by atoms with Gasteiger partial charge in [0, 0.05) is 17.8 Å².